The molecule has 0 saturated heterocycles. The number of aromatic nitrogens is 2. The van der Waals surface area contributed by atoms with Crippen LogP contribution >= 0.6 is 0 Å². The molecular formula is C29H23N3O3. The van der Waals surface area contributed by atoms with E-state index in [9.17, 15) is 9.90 Å². The lowest BCUT2D eigenvalue weighted by atomic mass is 9.78. The zero-order valence-corrected chi connectivity index (χ0v) is 18.8. The minimum atomic E-state index is -1.66. The third kappa shape index (κ3) is 4.47. The maximum Gasteiger partial charge on any atom is 0.287 e. The second-order valence-electron chi connectivity index (χ2n) is 8.10. The molecule has 0 fully saturated rings. The van der Waals surface area contributed by atoms with Crippen LogP contribution in [-0.4, -0.2) is 21.0 Å². The predicted octanol–water partition coefficient (Wildman–Crippen LogP) is 5.14. The maximum absolute atomic E-state index is 13.4. The van der Waals surface area contributed by atoms with Gasteiger partial charge in [0.15, 0.2) is 5.76 Å². The molecular weight excluding hydrogens is 438 g/mol. The highest BCUT2D eigenvalue weighted by Gasteiger charge is 2.43. The molecule has 1 atom stereocenters. The number of pyridine rings is 2. The third-order valence-corrected chi connectivity index (χ3v) is 5.92. The van der Waals surface area contributed by atoms with Gasteiger partial charge in [0, 0.05) is 41.5 Å². The first kappa shape index (κ1) is 22.3. The van der Waals surface area contributed by atoms with E-state index in [-0.39, 0.29) is 5.76 Å². The second kappa shape index (κ2) is 9.75. The molecule has 6 heteroatoms. The van der Waals surface area contributed by atoms with Gasteiger partial charge in [-0.15, -0.1) is 0 Å². The highest BCUT2D eigenvalue weighted by molar-refractivity contribution is 5.92. The van der Waals surface area contributed by atoms with Gasteiger partial charge in [0.05, 0.1) is 6.04 Å². The number of rotatable bonds is 7. The Morgan fingerprint density at radius 2 is 1.37 bits per heavy atom. The van der Waals surface area contributed by atoms with E-state index >= 15 is 0 Å². The first-order valence-electron chi connectivity index (χ1n) is 11.2. The zero-order valence-electron chi connectivity index (χ0n) is 18.8. The van der Waals surface area contributed by atoms with E-state index in [1.807, 2.05) is 60.7 Å². The highest BCUT2D eigenvalue weighted by Crippen LogP contribution is 2.41. The Morgan fingerprint density at radius 1 is 0.771 bits per heavy atom. The van der Waals surface area contributed by atoms with Crippen molar-refractivity contribution >= 4 is 5.91 Å². The number of carbonyl (C=O) groups excluding carboxylic acids is 1. The molecule has 0 aliphatic heterocycles. The predicted molar refractivity (Wildman–Crippen MR) is 132 cm³/mol. The number of hydrogen-bond acceptors (Lipinski definition) is 5. The van der Waals surface area contributed by atoms with E-state index < -0.39 is 17.6 Å². The number of nitrogens with zero attached hydrogens (tertiary/aromatic N) is 2. The van der Waals surface area contributed by atoms with Gasteiger partial charge in [-0.2, -0.15) is 0 Å². The number of benzene rings is 2. The molecule has 0 bridgehead atoms. The summed E-state index contributed by atoms with van der Waals surface area (Å²) in [6, 6.07) is 28.5. The molecule has 0 spiro atoms. The first-order valence-corrected chi connectivity index (χ1v) is 11.2. The Labute approximate surface area is 202 Å². The summed E-state index contributed by atoms with van der Waals surface area (Å²) in [5.74, 6) is 0.276. The Morgan fingerprint density at radius 3 is 1.94 bits per heavy atom. The van der Waals surface area contributed by atoms with E-state index in [1.165, 1.54) is 0 Å². The van der Waals surface area contributed by atoms with Gasteiger partial charge in [0.2, 0.25) is 0 Å². The summed E-state index contributed by atoms with van der Waals surface area (Å²) >= 11 is 0. The van der Waals surface area contributed by atoms with Crippen LogP contribution in [0, 0.1) is 0 Å². The van der Waals surface area contributed by atoms with E-state index in [2.05, 4.69) is 15.3 Å². The molecule has 5 rings (SSSR count). The van der Waals surface area contributed by atoms with Crippen LogP contribution in [0.3, 0.4) is 0 Å². The largest absolute Gasteiger partial charge is 0.451 e. The normalized spacial score (nSPS) is 12.1. The van der Waals surface area contributed by atoms with Crippen molar-refractivity contribution in [3.63, 3.8) is 0 Å². The SMILES string of the molecule is O=C(NC(c1ccccc1)C(O)(c1cccnc1)c1cccnc1)c1ccc(-c2ccccc2)o1. The third-order valence-electron chi connectivity index (χ3n) is 5.92. The molecule has 3 aromatic heterocycles. The van der Waals surface area contributed by atoms with Crippen molar-refractivity contribution in [3.8, 4) is 11.3 Å². The Hall–Kier alpha value is -4.55. The molecule has 172 valence electrons. The summed E-state index contributed by atoms with van der Waals surface area (Å²) in [7, 11) is 0. The topological polar surface area (TPSA) is 88.2 Å². The number of aliphatic hydroxyl groups is 1. The van der Waals surface area contributed by atoms with Gasteiger partial charge in [0.1, 0.15) is 11.4 Å². The number of amides is 1. The van der Waals surface area contributed by atoms with Gasteiger partial charge >= 0.3 is 0 Å². The van der Waals surface area contributed by atoms with Crippen LogP contribution in [0.2, 0.25) is 0 Å². The molecule has 0 aliphatic rings. The molecule has 5 aromatic rings. The van der Waals surface area contributed by atoms with E-state index in [4.69, 9.17) is 4.42 Å². The molecule has 35 heavy (non-hydrogen) atoms. The van der Waals surface area contributed by atoms with Crippen molar-refractivity contribution in [2.24, 2.45) is 0 Å². The average Bonchev–Trinajstić information content (AvgIpc) is 3.44. The number of nitrogens with one attached hydrogen (secondary N) is 1. The van der Waals surface area contributed by atoms with Gasteiger partial charge in [-0.25, -0.2) is 0 Å². The van der Waals surface area contributed by atoms with Gasteiger partial charge in [-0.3, -0.25) is 14.8 Å². The molecule has 1 unspecified atom stereocenters. The van der Waals surface area contributed by atoms with Crippen LogP contribution in [0.1, 0.15) is 33.3 Å². The molecule has 0 saturated carbocycles. The fourth-order valence-electron chi connectivity index (χ4n) is 4.17. The standard InChI is InChI=1S/C29H23N3O3/c33-28(26-16-15-25(35-26)21-9-3-1-4-10-21)32-27(22-11-5-2-6-12-22)29(34,23-13-7-17-30-19-23)24-14-8-18-31-20-24/h1-20,27,34H,(H,32,33). The van der Waals surface area contributed by atoms with Crippen LogP contribution in [0.4, 0.5) is 0 Å². The summed E-state index contributed by atoms with van der Waals surface area (Å²) in [5.41, 5.74) is 0.964. The average molecular weight is 462 g/mol. The van der Waals surface area contributed by atoms with Gasteiger partial charge in [-0.1, -0.05) is 72.8 Å². The maximum atomic E-state index is 13.4. The van der Waals surface area contributed by atoms with Crippen LogP contribution < -0.4 is 5.32 Å². The van der Waals surface area contributed by atoms with Gasteiger partial charge in [-0.05, 0) is 29.8 Å². The van der Waals surface area contributed by atoms with Crippen LogP contribution in [-0.2, 0) is 5.60 Å². The van der Waals surface area contributed by atoms with Crippen molar-refractivity contribution < 1.29 is 14.3 Å². The van der Waals surface area contributed by atoms with Crippen molar-refractivity contribution in [2.45, 2.75) is 11.6 Å². The van der Waals surface area contributed by atoms with E-state index in [1.54, 1.807) is 61.2 Å². The minimum Gasteiger partial charge on any atom is -0.451 e. The van der Waals surface area contributed by atoms with Crippen LogP contribution in [0.25, 0.3) is 11.3 Å². The number of furan rings is 1. The second-order valence-corrected chi connectivity index (χ2v) is 8.10. The lowest BCUT2D eigenvalue weighted by molar-refractivity contribution is 0.0325. The Bertz CT molecular complexity index is 1350. The van der Waals surface area contributed by atoms with Gasteiger partial charge in [0.25, 0.3) is 5.91 Å². The first-order chi connectivity index (χ1) is 17.2. The van der Waals surface area contributed by atoms with E-state index in [0.717, 1.165) is 5.56 Å². The molecule has 6 nitrogen and oxygen atoms in total. The minimum absolute atomic E-state index is 0.143. The van der Waals surface area contributed by atoms with Gasteiger partial charge < -0.3 is 14.8 Å². The van der Waals surface area contributed by atoms with Crippen molar-refractivity contribution in [2.75, 3.05) is 0 Å². The Balaban J connectivity index is 1.57. The van der Waals surface area contributed by atoms with Crippen molar-refractivity contribution in [1.29, 1.82) is 0 Å². The van der Waals surface area contributed by atoms with E-state index in [0.29, 0.717) is 22.5 Å². The summed E-state index contributed by atoms with van der Waals surface area (Å²) in [6.07, 6.45) is 6.46. The molecule has 3 heterocycles. The smallest absolute Gasteiger partial charge is 0.287 e. The molecule has 0 radical (unpaired) electrons. The zero-order chi connectivity index (χ0) is 24.1. The lowest BCUT2D eigenvalue weighted by Crippen LogP contribution is -2.45. The Kier molecular flexibility index (Phi) is 6.20. The molecule has 0 aliphatic carbocycles. The fourth-order valence-corrected chi connectivity index (χ4v) is 4.17. The van der Waals surface area contributed by atoms with Crippen molar-refractivity contribution in [3.05, 3.63) is 144 Å². The van der Waals surface area contributed by atoms with Crippen LogP contribution in [0.5, 0.6) is 0 Å². The molecule has 2 N–H and O–H groups in total. The summed E-state index contributed by atoms with van der Waals surface area (Å²) < 4.78 is 5.87. The quantitative estimate of drug-likeness (QED) is 0.350. The number of hydrogen-bond donors (Lipinski definition) is 2. The summed E-state index contributed by atoms with van der Waals surface area (Å²) in [5, 5.41) is 15.3. The fraction of sp³-hybridized carbons (Fsp3) is 0.0690. The number of carbonyl (C=O) groups is 1. The lowest BCUT2D eigenvalue weighted by Gasteiger charge is -2.37. The molecule has 1 amide bonds. The summed E-state index contributed by atoms with van der Waals surface area (Å²) in [6.45, 7) is 0. The summed E-state index contributed by atoms with van der Waals surface area (Å²) in [4.78, 5) is 21.9. The molecule has 2 aromatic carbocycles. The monoisotopic (exact) mass is 461 g/mol. The van der Waals surface area contributed by atoms with Crippen LogP contribution in [0.15, 0.2) is 126 Å². The highest BCUT2D eigenvalue weighted by atomic mass is 16.4. The van der Waals surface area contributed by atoms with Crippen molar-refractivity contribution in [1.82, 2.24) is 15.3 Å².